The summed E-state index contributed by atoms with van der Waals surface area (Å²) in [7, 11) is 0. The predicted molar refractivity (Wildman–Crippen MR) is 61.3 cm³/mol. The second-order valence-electron chi connectivity index (χ2n) is 4.90. The van der Waals surface area contributed by atoms with Crippen molar-refractivity contribution in [2.45, 2.75) is 77.2 Å². The van der Waals surface area contributed by atoms with E-state index >= 15 is 0 Å². The third kappa shape index (κ3) is 2.98. The molecule has 1 fully saturated rings. The zero-order valence-electron chi connectivity index (χ0n) is 9.89. The van der Waals surface area contributed by atoms with Crippen molar-refractivity contribution in [3.05, 3.63) is 0 Å². The van der Waals surface area contributed by atoms with Crippen LogP contribution >= 0.6 is 0 Å². The van der Waals surface area contributed by atoms with Crippen molar-refractivity contribution in [3.8, 4) is 0 Å². The molecule has 1 nitrogen and oxygen atoms in total. The summed E-state index contributed by atoms with van der Waals surface area (Å²) in [5.41, 5.74) is -0.337. The molecule has 1 N–H and O–H groups in total. The van der Waals surface area contributed by atoms with Crippen molar-refractivity contribution in [2.75, 3.05) is 0 Å². The lowest BCUT2D eigenvalue weighted by atomic mass is 9.73. The van der Waals surface area contributed by atoms with Crippen LogP contribution < -0.4 is 0 Å². The molecule has 14 heavy (non-hydrogen) atoms. The fraction of sp³-hybridized carbons (Fsp3) is 1.00. The van der Waals surface area contributed by atoms with E-state index in [0.717, 1.165) is 12.8 Å². The number of hydrogen-bond donors (Lipinski definition) is 1. The molecule has 0 aromatic carbocycles. The summed E-state index contributed by atoms with van der Waals surface area (Å²) in [5, 5.41) is 10.6. The van der Waals surface area contributed by atoms with E-state index in [4.69, 9.17) is 0 Å². The Bertz CT molecular complexity index is 149. The van der Waals surface area contributed by atoms with Gasteiger partial charge in [0.05, 0.1) is 5.60 Å². The Morgan fingerprint density at radius 2 is 1.79 bits per heavy atom. The predicted octanol–water partition coefficient (Wildman–Crippen LogP) is 3.90. The summed E-state index contributed by atoms with van der Waals surface area (Å²) >= 11 is 0. The second-order valence-corrected chi connectivity index (χ2v) is 4.90. The van der Waals surface area contributed by atoms with Crippen LogP contribution in [0.3, 0.4) is 0 Å². The average Bonchev–Trinajstić information content (AvgIpc) is 2.27. The number of hydrogen-bond acceptors (Lipinski definition) is 1. The van der Waals surface area contributed by atoms with Crippen LogP contribution in [0.1, 0.15) is 71.6 Å². The van der Waals surface area contributed by atoms with Gasteiger partial charge >= 0.3 is 0 Å². The van der Waals surface area contributed by atoms with Gasteiger partial charge in [0.25, 0.3) is 0 Å². The molecular weight excluding hydrogens is 172 g/mol. The Hall–Kier alpha value is -0.0400. The Kier molecular flexibility index (Phi) is 4.94. The van der Waals surface area contributed by atoms with Gasteiger partial charge in [-0.15, -0.1) is 0 Å². The van der Waals surface area contributed by atoms with Gasteiger partial charge in [-0.05, 0) is 31.6 Å². The van der Waals surface area contributed by atoms with Gasteiger partial charge in [-0.25, -0.2) is 0 Å². The molecule has 1 saturated carbocycles. The normalized spacial score (nSPS) is 23.4. The molecule has 0 heterocycles. The molecule has 1 heteroatoms. The molecule has 1 aliphatic carbocycles. The number of unbranched alkanes of at least 4 members (excludes halogenated alkanes) is 1. The molecular formula is C13H26O. The minimum absolute atomic E-state index is 0.337. The Balaban J connectivity index is 2.47. The van der Waals surface area contributed by atoms with E-state index in [-0.39, 0.29) is 5.60 Å². The largest absolute Gasteiger partial charge is 0.390 e. The quantitative estimate of drug-likeness (QED) is 0.710. The molecule has 0 radical (unpaired) electrons. The van der Waals surface area contributed by atoms with E-state index < -0.39 is 0 Å². The lowest BCUT2D eigenvalue weighted by Crippen LogP contribution is -2.38. The van der Waals surface area contributed by atoms with Crippen molar-refractivity contribution in [3.63, 3.8) is 0 Å². The number of rotatable bonds is 5. The van der Waals surface area contributed by atoms with Crippen LogP contribution in [0.5, 0.6) is 0 Å². The zero-order chi connectivity index (χ0) is 10.4. The minimum atomic E-state index is -0.337. The Morgan fingerprint density at radius 1 is 1.14 bits per heavy atom. The van der Waals surface area contributed by atoms with Gasteiger partial charge in [-0.2, -0.15) is 0 Å². The lowest BCUT2D eigenvalue weighted by molar-refractivity contribution is -0.0447. The lowest BCUT2D eigenvalue weighted by Gasteiger charge is -2.38. The Labute approximate surface area is 88.9 Å². The smallest absolute Gasteiger partial charge is 0.0673 e. The topological polar surface area (TPSA) is 20.2 Å². The third-order valence-electron chi connectivity index (χ3n) is 3.94. The summed E-state index contributed by atoms with van der Waals surface area (Å²) in [6.45, 7) is 4.35. The minimum Gasteiger partial charge on any atom is -0.390 e. The summed E-state index contributed by atoms with van der Waals surface area (Å²) in [5.74, 6) is 0.591. The van der Waals surface area contributed by atoms with Crippen LogP contribution in [0.25, 0.3) is 0 Å². The van der Waals surface area contributed by atoms with Crippen LogP contribution in [0.4, 0.5) is 0 Å². The summed E-state index contributed by atoms with van der Waals surface area (Å²) in [6, 6.07) is 0. The molecule has 84 valence electrons. The molecule has 0 bridgehead atoms. The van der Waals surface area contributed by atoms with Crippen LogP contribution in [0.15, 0.2) is 0 Å². The molecule has 0 spiro atoms. The van der Waals surface area contributed by atoms with E-state index in [1.165, 1.54) is 44.9 Å². The van der Waals surface area contributed by atoms with Crippen molar-refractivity contribution in [1.82, 2.24) is 0 Å². The van der Waals surface area contributed by atoms with Gasteiger partial charge in [0.15, 0.2) is 0 Å². The first-order valence-corrected chi connectivity index (χ1v) is 6.45. The average molecular weight is 198 g/mol. The van der Waals surface area contributed by atoms with Crippen molar-refractivity contribution < 1.29 is 5.11 Å². The van der Waals surface area contributed by atoms with Gasteiger partial charge in [-0.3, -0.25) is 0 Å². The maximum Gasteiger partial charge on any atom is 0.0673 e. The summed E-state index contributed by atoms with van der Waals surface area (Å²) < 4.78 is 0. The first-order chi connectivity index (χ1) is 6.73. The molecule has 1 aliphatic rings. The summed E-state index contributed by atoms with van der Waals surface area (Å²) in [4.78, 5) is 0. The fourth-order valence-electron chi connectivity index (χ4n) is 2.79. The fourth-order valence-corrected chi connectivity index (χ4v) is 2.79. The summed E-state index contributed by atoms with van der Waals surface area (Å²) in [6.07, 6.45) is 10.9. The highest BCUT2D eigenvalue weighted by atomic mass is 16.3. The highest BCUT2D eigenvalue weighted by molar-refractivity contribution is 4.86. The molecule has 0 saturated heterocycles. The molecule has 0 aliphatic heterocycles. The monoisotopic (exact) mass is 198 g/mol. The van der Waals surface area contributed by atoms with Crippen LogP contribution in [-0.4, -0.2) is 10.7 Å². The molecule has 1 rings (SSSR count). The van der Waals surface area contributed by atoms with E-state index in [1.807, 2.05) is 0 Å². The number of aliphatic hydroxyl groups is 1. The molecule has 0 aromatic rings. The van der Waals surface area contributed by atoms with E-state index in [2.05, 4.69) is 13.8 Å². The highest BCUT2D eigenvalue weighted by Gasteiger charge is 2.34. The van der Waals surface area contributed by atoms with Gasteiger partial charge in [0.1, 0.15) is 0 Å². The maximum absolute atomic E-state index is 10.6. The van der Waals surface area contributed by atoms with Crippen molar-refractivity contribution >= 4 is 0 Å². The second kappa shape index (κ2) is 5.75. The van der Waals surface area contributed by atoms with Crippen LogP contribution in [-0.2, 0) is 0 Å². The van der Waals surface area contributed by atoms with E-state index in [1.54, 1.807) is 0 Å². The van der Waals surface area contributed by atoms with Crippen LogP contribution in [0, 0.1) is 5.92 Å². The van der Waals surface area contributed by atoms with Gasteiger partial charge in [-0.1, -0.05) is 46.0 Å². The van der Waals surface area contributed by atoms with E-state index in [0.29, 0.717) is 5.92 Å². The van der Waals surface area contributed by atoms with Gasteiger partial charge in [0.2, 0.25) is 0 Å². The molecule has 1 atom stereocenters. The van der Waals surface area contributed by atoms with Crippen molar-refractivity contribution in [2.24, 2.45) is 5.92 Å². The maximum atomic E-state index is 10.6. The first-order valence-electron chi connectivity index (χ1n) is 6.45. The van der Waals surface area contributed by atoms with Gasteiger partial charge < -0.3 is 5.11 Å². The zero-order valence-corrected chi connectivity index (χ0v) is 9.89. The first kappa shape index (κ1) is 12.0. The van der Waals surface area contributed by atoms with E-state index in [9.17, 15) is 5.11 Å². The Morgan fingerprint density at radius 3 is 2.29 bits per heavy atom. The standard InChI is InChI=1S/C13H26O/c1-3-5-11-13(14,4-2)12-9-7-6-8-10-12/h12,14H,3-11H2,1-2H3. The highest BCUT2D eigenvalue weighted by Crippen LogP contribution is 2.37. The van der Waals surface area contributed by atoms with Crippen LogP contribution in [0.2, 0.25) is 0 Å². The molecule has 0 aromatic heterocycles. The molecule has 0 amide bonds. The SMILES string of the molecule is CCCCC(O)(CC)C1CCCCC1. The molecule has 1 unspecified atom stereocenters. The van der Waals surface area contributed by atoms with Gasteiger partial charge in [0, 0.05) is 0 Å². The third-order valence-corrected chi connectivity index (χ3v) is 3.94. The van der Waals surface area contributed by atoms with Crippen molar-refractivity contribution in [1.29, 1.82) is 0 Å².